The summed E-state index contributed by atoms with van der Waals surface area (Å²) < 4.78 is 19.9. The highest BCUT2D eigenvalue weighted by atomic mass is 16.5. The van der Waals surface area contributed by atoms with Crippen LogP contribution >= 0.6 is 0 Å². The monoisotopic (exact) mass is 428 g/mol. The van der Waals surface area contributed by atoms with Crippen LogP contribution < -0.4 is 9.47 Å². The van der Waals surface area contributed by atoms with Gasteiger partial charge in [-0.15, -0.1) is 0 Å². The van der Waals surface area contributed by atoms with Gasteiger partial charge in [-0.25, -0.2) is 9.59 Å². The van der Waals surface area contributed by atoms with Crippen LogP contribution in [0.1, 0.15) is 31.8 Å². The Balaban J connectivity index is 1.56. The fourth-order valence-corrected chi connectivity index (χ4v) is 2.61. The van der Waals surface area contributed by atoms with Crippen molar-refractivity contribution < 1.29 is 28.5 Å². The Kier molecular flexibility index (Phi) is 7.39. The zero-order valence-corrected chi connectivity index (χ0v) is 16.7. The molecule has 0 heterocycles. The molecule has 0 spiro atoms. The Hall–Kier alpha value is -4.82. The molecule has 0 bridgehead atoms. The van der Waals surface area contributed by atoms with Crippen molar-refractivity contribution in [3.05, 3.63) is 95.1 Å². The molecule has 158 valence electrons. The number of nitrogens with zero attached hydrogens (tertiary/aromatic N) is 2. The molecule has 3 aromatic carbocycles. The summed E-state index contributed by atoms with van der Waals surface area (Å²) >= 11 is 0. The number of rotatable bonds is 8. The van der Waals surface area contributed by atoms with Crippen LogP contribution in [0.25, 0.3) is 0 Å². The second kappa shape index (κ2) is 10.8. The lowest BCUT2D eigenvalue weighted by molar-refractivity contribution is 0.0720. The first-order valence-corrected chi connectivity index (χ1v) is 9.33. The van der Waals surface area contributed by atoms with E-state index >= 15 is 0 Å². The van der Waals surface area contributed by atoms with E-state index in [9.17, 15) is 9.59 Å². The van der Waals surface area contributed by atoms with Crippen molar-refractivity contribution in [3.8, 4) is 24.0 Å². The van der Waals surface area contributed by atoms with Crippen LogP contribution in [-0.2, 0) is 22.7 Å². The molecular formula is C24H16N2O6. The molecule has 0 aliphatic rings. The normalized spacial score (nSPS) is 9.69. The lowest BCUT2D eigenvalue weighted by Gasteiger charge is -2.07. The molecule has 3 rings (SSSR count). The Morgan fingerprint density at radius 3 is 1.25 bits per heavy atom. The van der Waals surface area contributed by atoms with E-state index in [1.807, 2.05) is 0 Å². The predicted molar refractivity (Wildman–Crippen MR) is 110 cm³/mol. The van der Waals surface area contributed by atoms with E-state index in [1.165, 1.54) is 24.3 Å². The fourth-order valence-electron chi connectivity index (χ4n) is 2.61. The van der Waals surface area contributed by atoms with Crippen molar-refractivity contribution in [3.63, 3.8) is 0 Å². The average Bonchev–Trinajstić information content (AvgIpc) is 2.83. The van der Waals surface area contributed by atoms with E-state index in [0.717, 1.165) is 11.1 Å². The molecule has 0 fully saturated rings. The molecule has 0 aromatic heterocycles. The third-order valence-electron chi connectivity index (χ3n) is 4.23. The van der Waals surface area contributed by atoms with Gasteiger partial charge < -0.3 is 18.9 Å². The molecule has 8 nitrogen and oxygen atoms in total. The molecule has 0 N–H and O–H groups in total. The number of esters is 2. The van der Waals surface area contributed by atoms with E-state index in [0.29, 0.717) is 11.5 Å². The standard InChI is InChI=1S/C24H16N2O6/c25-15-29-13-17-1-9-21(10-2-17)31-23(27)19-5-7-20(8-6-19)24(28)32-22-11-3-18(4-12-22)14-30-16-26/h1-12H,13-14H2. The molecule has 0 saturated carbocycles. The summed E-state index contributed by atoms with van der Waals surface area (Å²) in [6, 6.07) is 19.0. The molecule has 0 saturated heterocycles. The quantitative estimate of drug-likeness (QED) is 0.299. The number of carbonyl (C=O) groups excluding carboxylic acids is 2. The van der Waals surface area contributed by atoms with Gasteiger partial charge in [-0.05, 0) is 59.7 Å². The summed E-state index contributed by atoms with van der Waals surface area (Å²) in [5.41, 5.74) is 2.05. The highest BCUT2D eigenvalue weighted by Crippen LogP contribution is 2.17. The second-order valence-electron chi connectivity index (χ2n) is 6.40. The van der Waals surface area contributed by atoms with Crippen LogP contribution in [0, 0.1) is 23.0 Å². The number of ether oxygens (including phenoxy) is 4. The van der Waals surface area contributed by atoms with Crippen molar-refractivity contribution in [2.75, 3.05) is 0 Å². The van der Waals surface area contributed by atoms with Crippen molar-refractivity contribution >= 4 is 11.9 Å². The third-order valence-corrected chi connectivity index (χ3v) is 4.23. The van der Waals surface area contributed by atoms with Crippen LogP contribution in [0.2, 0.25) is 0 Å². The highest BCUT2D eigenvalue weighted by molar-refractivity contribution is 5.94. The van der Waals surface area contributed by atoms with Crippen molar-refractivity contribution in [2.24, 2.45) is 0 Å². The zero-order valence-electron chi connectivity index (χ0n) is 16.7. The second-order valence-corrected chi connectivity index (χ2v) is 6.40. The van der Waals surface area contributed by atoms with Crippen molar-refractivity contribution in [1.82, 2.24) is 0 Å². The number of hydrogen-bond donors (Lipinski definition) is 0. The fraction of sp³-hybridized carbons (Fsp3) is 0.0833. The van der Waals surface area contributed by atoms with Crippen molar-refractivity contribution in [2.45, 2.75) is 13.2 Å². The Labute approximate surface area is 183 Å². The summed E-state index contributed by atoms with van der Waals surface area (Å²) in [4.78, 5) is 24.6. The largest absolute Gasteiger partial charge is 0.423 e. The summed E-state index contributed by atoms with van der Waals surface area (Å²) in [5, 5.41) is 16.8. The van der Waals surface area contributed by atoms with Crippen LogP contribution in [-0.4, -0.2) is 11.9 Å². The molecule has 0 amide bonds. The Bertz CT molecular complexity index is 1060. The van der Waals surface area contributed by atoms with Gasteiger partial charge >= 0.3 is 11.9 Å². The Morgan fingerprint density at radius 2 is 0.938 bits per heavy atom. The maximum atomic E-state index is 12.3. The molecule has 0 unspecified atom stereocenters. The molecule has 8 heteroatoms. The minimum absolute atomic E-state index is 0.141. The molecule has 0 radical (unpaired) electrons. The summed E-state index contributed by atoms with van der Waals surface area (Å²) in [6.07, 6.45) is 3.17. The van der Waals surface area contributed by atoms with Gasteiger partial charge in [0.05, 0.1) is 11.1 Å². The van der Waals surface area contributed by atoms with Gasteiger partial charge in [0.15, 0.2) is 0 Å². The van der Waals surface area contributed by atoms with E-state index in [4.69, 9.17) is 20.0 Å². The Morgan fingerprint density at radius 1 is 0.594 bits per heavy atom. The first-order valence-electron chi connectivity index (χ1n) is 9.33. The number of hydrogen-bond acceptors (Lipinski definition) is 8. The number of nitriles is 2. The SMILES string of the molecule is N#COCc1ccc(OC(=O)c2ccc(C(=O)Oc3ccc(COC#N)cc3)cc2)cc1. The molecular weight excluding hydrogens is 412 g/mol. The first-order chi connectivity index (χ1) is 15.6. The van der Waals surface area contributed by atoms with Crippen LogP contribution in [0.4, 0.5) is 0 Å². The van der Waals surface area contributed by atoms with E-state index in [1.54, 1.807) is 61.0 Å². The smallest absolute Gasteiger partial charge is 0.343 e. The summed E-state index contributed by atoms with van der Waals surface area (Å²) in [6.45, 7) is 0.282. The lowest BCUT2D eigenvalue weighted by Crippen LogP contribution is -2.11. The molecule has 32 heavy (non-hydrogen) atoms. The first kappa shape index (κ1) is 21.9. The van der Waals surface area contributed by atoms with E-state index in [2.05, 4.69) is 9.47 Å². The minimum Gasteiger partial charge on any atom is -0.423 e. The molecule has 0 aliphatic carbocycles. The maximum absolute atomic E-state index is 12.3. The van der Waals surface area contributed by atoms with Gasteiger partial charge in [0, 0.05) is 0 Å². The summed E-state index contributed by atoms with van der Waals surface area (Å²) in [7, 11) is 0. The number of carbonyl (C=O) groups is 2. The van der Waals surface area contributed by atoms with Crippen LogP contribution in [0.3, 0.4) is 0 Å². The lowest BCUT2D eigenvalue weighted by atomic mass is 10.1. The molecule has 0 atom stereocenters. The van der Waals surface area contributed by atoms with Gasteiger partial charge in [0.25, 0.3) is 12.5 Å². The van der Waals surface area contributed by atoms with E-state index in [-0.39, 0.29) is 24.3 Å². The molecule has 3 aromatic rings. The number of benzene rings is 3. The summed E-state index contributed by atoms with van der Waals surface area (Å²) in [5.74, 6) is -0.493. The predicted octanol–water partition coefficient (Wildman–Crippen LogP) is 4.12. The van der Waals surface area contributed by atoms with Crippen molar-refractivity contribution in [1.29, 1.82) is 10.5 Å². The van der Waals surface area contributed by atoms with Crippen LogP contribution in [0.15, 0.2) is 72.8 Å². The van der Waals surface area contributed by atoms with Gasteiger partial charge in [-0.2, -0.15) is 10.5 Å². The topological polar surface area (TPSA) is 119 Å². The third kappa shape index (κ3) is 6.09. The maximum Gasteiger partial charge on any atom is 0.343 e. The van der Waals surface area contributed by atoms with Crippen LogP contribution in [0.5, 0.6) is 11.5 Å². The van der Waals surface area contributed by atoms with Gasteiger partial charge in [0.2, 0.25) is 0 Å². The average molecular weight is 428 g/mol. The highest BCUT2D eigenvalue weighted by Gasteiger charge is 2.13. The minimum atomic E-state index is -0.582. The van der Waals surface area contributed by atoms with Gasteiger partial charge in [-0.3, -0.25) is 0 Å². The van der Waals surface area contributed by atoms with Gasteiger partial charge in [0.1, 0.15) is 24.7 Å². The van der Waals surface area contributed by atoms with Gasteiger partial charge in [-0.1, -0.05) is 24.3 Å². The molecule has 0 aliphatic heterocycles. The zero-order chi connectivity index (χ0) is 22.8. The van der Waals surface area contributed by atoms with E-state index < -0.39 is 11.9 Å².